The van der Waals surface area contributed by atoms with E-state index in [2.05, 4.69) is 62.5 Å². The van der Waals surface area contributed by atoms with Crippen molar-refractivity contribution in [3.63, 3.8) is 0 Å². The molecule has 8 atom stereocenters. The van der Waals surface area contributed by atoms with Gasteiger partial charge in [-0.1, -0.05) is 198 Å². The number of allylic oxidation sites excluding steroid dienone is 7. The molecule has 11 heteroatoms. The number of hydrogen-bond acceptors (Lipinski definition) is 10. The van der Waals surface area contributed by atoms with E-state index in [1.165, 1.54) is 83.5 Å². The van der Waals surface area contributed by atoms with Crippen LogP contribution in [-0.2, 0) is 23.8 Å². The topological polar surface area (TPSA) is 175 Å². The second kappa shape index (κ2) is 43.9. The summed E-state index contributed by atoms with van der Waals surface area (Å²) in [6.45, 7) is 5.67. The zero-order chi connectivity index (χ0) is 48.3. The van der Waals surface area contributed by atoms with Crippen molar-refractivity contribution in [2.45, 2.75) is 275 Å². The quantitative estimate of drug-likeness (QED) is 0.0149. The average Bonchev–Trinajstić information content (AvgIpc) is 3.31. The SMILES string of the molecule is CCCC/C=C\CCCCCCCC(=O)OC1C(OCC(NC(=O)C(O)CCCCCCC/C=C/C=C/CCCCC)C(O)/C=C/CCCCCCCCCCCC)OC(CO)C(O)C1O. The van der Waals surface area contributed by atoms with E-state index in [0.717, 1.165) is 96.3 Å². The first-order valence-corrected chi connectivity index (χ1v) is 26.9. The lowest BCUT2D eigenvalue weighted by Crippen LogP contribution is -2.61. The highest BCUT2D eigenvalue weighted by atomic mass is 16.7. The molecule has 1 heterocycles. The van der Waals surface area contributed by atoms with Gasteiger partial charge >= 0.3 is 5.97 Å². The largest absolute Gasteiger partial charge is 0.454 e. The number of nitrogens with one attached hydrogen (secondary N) is 1. The molecule has 0 radical (unpaired) electrons. The van der Waals surface area contributed by atoms with Gasteiger partial charge in [0.1, 0.15) is 24.4 Å². The summed E-state index contributed by atoms with van der Waals surface area (Å²) in [5, 5.41) is 56.6. The number of amides is 1. The summed E-state index contributed by atoms with van der Waals surface area (Å²) in [7, 11) is 0. The molecule has 0 spiro atoms. The van der Waals surface area contributed by atoms with E-state index in [1.807, 2.05) is 6.08 Å². The molecular weight excluding hydrogens is 835 g/mol. The van der Waals surface area contributed by atoms with Crippen LogP contribution in [0.15, 0.2) is 48.6 Å². The molecule has 0 aromatic heterocycles. The first kappa shape index (κ1) is 61.6. The van der Waals surface area contributed by atoms with Crippen LogP contribution in [0.25, 0.3) is 0 Å². The summed E-state index contributed by atoms with van der Waals surface area (Å²) in [6.07, 6.45) is 40.2. The number of aliphatic hydroxyl groups excluding tert-OH is 5. The summed E-state index contributed by atoms with van der Waals surface area (Å²) >= 11 is 0. The lowest BCUT2D eigenvalue weighted by molar-refractivity contribution is -0.305. The van der Waals surface area contributed by atoms with Crippen molar-refractivity contribution in [3.05, 3.63) is 48.6 Å². The number of unbranched alkanes of at least 4 members (excludes halogenated alkanes) is 25. The summed E-state index contributed by atoms with van der Waals surface area (Å²) in [5.41, 5.74) is 0. The van der Waals surface area contributed by atoms with Gasteiger partial charge in [-0.05, 0) is 70.6 Å². The van der Waals surface area contributed by atoms with Crippen LogP contribution in [0.2, 0.25) is 0 Å². The fourth-order valence-electron chi connectivity index (χ4n) is 8.09. The van der Waals surface area contributed by atoms with E-state index in [4.69, 9.17) is 14.2 Å². The van der Waals surface area contributed by atoms with Crippen LogP contribution in [0.4, 0.5) is 0 Å². The Kier molecular flexibility index (Phi) is 41.0. The van der Waals surface area contributed by atoms with Crippen LogP contribution in [0.1, 0.15) is 226 Å². The van der Waals surface area contributed by atoms with Gasteiger partial charge in [-0.2, -0.15) is 0 Å². The lowest BCUT2D eigenvalue weighted by Gasteiger charge is -2.41. The van der Waals surface area contributed by atoms with Crippen molar-refractivity contribution in [1.29, 1.82) is 0 Å². The van der Waals surface area contributed by atoms with E-state index in [-0.39, 0.29) is 19.4 Å². The Morgan fingerprint density at radius 3 is 1.64 bits per heavy atom. The van der Waals surface area contributed by atoms with E-state index in [9.17, 15) is 35.1 Å². The van der Waals surface area contributed by atoms with Crippen molar-refractivity contribution in [1.82, 2.24) is 5.32 Å². The number of aliphatic hydroxyl groups is 5. The molecule has 1 amide bonds. The van der Waals surface area contributed by atoms with Crippen molar-refractivity contribution in [3.8, 4) is 0 Å². The lowest BCUT2D eigenvalue weighted by atomic mass is 9.99. The Morgan fingerprint density at radius 1 is 0.591 bits per heavy atom. The van der Waals surface area contributed by atoms with Crippen molar-refractivity contribution >= 4 is 11.9 Å². The van der Waals surface area contributed by atoms with E-state index < -0.39 is 67.4 Å². The second-order valence-corrected chi connectivity index (χ2v) is 18.6. The predicted octanol–water partition coefficient (Wildman–Crippen LogP) is 11.3. The third-order valence-electron chi connectivity index (χ3n) is 12.5. The monoisotopic (exact) mass is 934 g/mol. The molecule has 0 aromatic carbocycles. The molecule has 1 fully saturated rings. The molecule has 384 valence electrons. The Morgan fingerprint density at radius 2 is 1.06 bits per heavy atom. The maximum atomic E-state index is 13.3. The Labute approximate surface area is 402 Å². The number of carbonyl (C=O) groups is 2. The Hall–Kier alpha value is -2.38. The molecule has 1 aliphatic heterocycles. The van der Waals surface area contributed by atoms with Crippen LogP contribution in [0.5, 0.6) is 0 Å². The number of esters is 1. The molecule has 0 aliphatic carbocycles. The maximum Gasteiger partial charge on any atom is 0.306 e. The van der Waals surface area contributed by atoms with Crippen LogP contribution in [0.3, 0.4) is 0 Å². The summed E-state index contributed by atoms with van der Waals surface area (Å²) < 4.78 is 17.5. The normalized spacial score (nSPS) is 20.5. The molecular formula is C55H99NO10. The third-order valence-corrected chi connectivity index (χ3v) is 12.5. The molecule has 1 aliphatic rings. The van der Waals surface area contributed by atoms with E-state index >= 15 is 0 Å². The summed E-state index contributed by atoms with van der Waals surface area (Å²) in [6, 6.07) is -1.03. The van der Waals surface area contributed by atoms with Crippen molar-refractivity contribution in [2.24, 2.45) is 0 Å². The highest BCUT2D eigenvalue weighted by Crippen LogP contribution is 2.26. The summed E-state index contributed by atoms with van der Waals surface area (Å²) in [5.74, 6) is -1.22. The Balaban J connectivity index is 2.79. The smallest absolute Gasteiger partial charge is 0.306 e. The maximum absolute atomic E-state index is 13.3. The average molecular weight is 934 g/mol. The molecule has 66 heavy (non-hydrogen) atoms. The highest BCUT2D eigenvalue weighted by Gasteiger charge is 2.47. The van der Waals surface area contributed by atoms with Gasteiger partial charge in [-0.25, -0.2) is 0 Å². The zero-order valence-corrected chi connectivity index (χ0v) is 42.1. The minimum atomic E-state index is -1.62. The number of hydrogen-bond donors (Lipinski definition) is 6. The van der Waals surface area contributed by atoms with Gasteiger partial charge < -0.3 is 45.1 Å². The van der Waals surface area contributed by atoms with Crippen LogP contribution in [0, 0.1) is 0 Å². The van der Waals surface area contributed by atoms with Gasteiger partial charge in [-0.3, -0.25) is 9.59 Å². The molecule has 0 bridgehead atoms. The van der Waals surface area contributed by atoms with Crippen LogP contribution in [-0.4, -0.2) is 99.6 Å². The Bertz CT molecular complexity index is 1260. The minimum absolute atomic E-state index is 0.111. The van der Waals surface area contributed by atoms with Gasteiger partial charge in [0.25, 0.3) is 0 Å². The van der Waals surface area contributed by atoms with E-state index in [0.29, 0.717) is 12.8 Å². The van der Waals surface area contributed by atoms with Gasteiger partial charge in [-0.15, -0.1) is 0 Å². The summed E-state index contributed by atoms with van der Waals surface area (Å²) in [4.78, 5) is 26.3. The first-order valence-electron chi connectivity index (χ1n) is 26.9. The second-order valence-electron chi connectivity index (χ2n) is 18.6. The van der Waals surface area contributed by atoms with Crippen molar-refractivity contribution < 1.29 is 49.3 Å². The fraction of sp³-hybridized carbons (Fsp3) is 0.818. The predicted molar refractivity (Wildman–Crippen MR) is 269 cm³/mol. The molecule has 11 nitrogen and oxygen atoms in total. The first-order chi connectivity index (χ1) is 32.2. The number of carbonyl (C=O) groups excluding carboxylic acids is 2. The number of rotatable bonds is 44. The zero-order valence-electron chi connectivity index (χ0n) is 42.1. The standard InChI is InChI=1S/C55H99NO10/c1-4-7-10-13-16-19-22-24-25-28-30-33-36-39-42-48(59)54(63)56-46(47(58)41-38-35-32-29-27-23-20-17-14-11-8-5-2)45-64-55-53(52(62)51(61)49(44-57)65-55)66-50(60)43-40-37-34-31-26-21-18-15-12-9-6-3/h15-16,18-19,22,24,38,41,46-49,51-53,55,57-59,61-62H,4-14,17,20-21,23,25-37,39-40,42-45H2,1-3H3,(H,56,63)/b18-15-,19-16+,24-22+,41-38+. The minimum Gasteiger partial charge on any atom is -0.454 e. The van der Waals surface area contributed by atoms with Crippen LogP contribution >= 0.6 is 0 Å². The molecule has 0 aromatic rings. The van der Waals surface area contributed by atoms with E-state index in [1.54, 1.807) is 6.08 Å². The molecule has 6 N–H and O–H groups in total. The molecule has 8 unspecified atom stereocenters. The molecule has 1 rings (SSSR count). The number of ether oxygens (including phenoxy) is 3. The third kappa shape index (κ3) is 32.4. The van der Waals surface area contributed by atoms with Gasteiger partial charge in [0.15, 0.2) is 12.4 Å². The van der Waals surface area contributed by atoms with Gasteiger partial charge in [0, 0.05) is 6.42 Å². The molecule has 1 saturated heterocycles. The van der Waals surface area contributed by atoms with Crippen molar-refractivity contribution in [2.75, 3.05) is 13.2 Å². The highest BCUT2D eigenvalue weighted by molar-refractivity contribution is 5.80. The van der Waals surface area contributed by atoms with Gasteiger partial charge in [0.05, 0.1) is 25.4 Å². The molecule has 0 saturated carbocycles. The van der Waals surface area contributed by atoms with Gasteiger partial charge in [0.2, 0.25) is 5.91 Å². The van der Waals surface area contributed by atoms with Crippen LogP contribution < -0.4 is 5.32 Å². The fourth-order valence-corrected chi connectivity index (χ4v) is 8.09.